The van der Waals surface area contributed by atoms with Gasteiger partial charge in [0, 0.05) is 16.9 Å². The lowest BCUT2D eigenvalue weighted by Crippen LogP contribution is -2.37. The molecule has 1 atom stereocenters. The van der Waals surface area contributed by atoms with Crippen molar-refractivity contribution in [2.24, 2.45) is 5.92 Å². The van der Waals surface area contributed by atoms with Crippen molar-refractivity contribution < 1.29 is 9.18 Å². The minimum Gasteiger partial charge on any atom is -0.348 e. The summed E-state index contributed by atoms with van der Waals surface area (Å²) in [6.07, 6.45) is 0.754. The molecule has 0 aliphatic rings. The first kappa shape index (κ1) is 15.3. The van der Waals surface area contributed by atoms with Gasteiger partial charge in [-0.25, -0.2) is 4.39 Å². The molecule has 0 radical (unpaired) electrons. The summed E-state index contributed by atoms with van der Waals surface area (Å²) in [5.41, 5.74) is -0.0155. The predicted molar refractivity (Wildman–Crippen MR) is 72.8 cm³/mol. The molecule has 100 valence electrons. The molecule has 18 heavy (non-hydrogen) atoms. The van der Waals surface area contributed by atoms with Crippen LogP contribution in [0.1, 0.15) is 30.6 Å². The second kappa shape index (κ2) is 6.95. The van der Waals surface area contributed by atoms with Crippen molar-refractivity contribution >= 4 is 29.1 Å². The summed E-state index contributed by atoms with van der Waals surface area (Å²) in [6, 6.07) is 3.81. The number of nitrogens with one attached hydrogen (secondary N) is 1. The Morgan fingerprint density at radius 2 is 2.11 bits per heavy atom. The van der Waals surface area contributed by atoms with Gasteiger partial charge in [0.05, 0.1) is 5.56 Å². The zero-order valence-electron chi connectivity index (χ0n) is 10.3. The second-order valence-electron chi connectivity index (χ2n) is 4.58. The average Bonchev–Trinajstić information content (AvgIpc) is 2.27. The lowest BCUT2D eigenvalue weighted by atomic mass is 10.0. The molecule has 0 aliphatic carbocycles. The first-order valence-electron chi connectivity index (χ1n) is 5.76. The first-order chi connectivity index (χ1) is 8.43. The van der Waals surface area contributed by atoms with Crippen molar-refractivity contribution in [2.45, 2.75) is 26.3 Å². The van der Waals surface area contributed by atoms with E-state index < -0.39 is 11.7 Å². The first-order valence-corrected chi connectivity index (χ1v) is 6.67. The van der Waals surface area contributed by atoms with Crippen LogP contribution in [0.15, 0.2) is 18.2 Å². The quantitative estimate of drug-likeness (QED) is 0.820. The Labute approximate surface area is 116 Å². The Bertz CT molecular complexity index is 423. The minimum absolute atomic E-state index is 0.0155. The highest BCUT2D eigenvalue weighted by Crippen LogP contribution is 2.15. The highest BCUT2D eigenvalue weighted by Gasteiger charge is 2.17. The fourth-order valence-corrected chi connectivity index (χ4v) is 2.03. The molecule has 0 saturated heterocycles. The molecule has 0 spiro atoms. The molecular weight excluding hydrogens is 276 g/mol. The van der Waals surface area contributed by atoms with Crippen molar-refractivity contribution in [1.29, 1.82) is 0 Å². The van der Waals surface area contributed by atoms with Gasteiger partial charge in [-0.1, -0.05) is 25.4 Å². The molecule has 1 rings (SSSR count). The van der Waals surface area contributed by atoms with Gasteiger partial charge in [0.25, 0.3) is 5.91 Å². The molecule has 0 bridgehead atoms. The topological polar surface area (TPSA) is 29.1 Å². The van der Waals surface area contributed by atoms with Gasteiger partial charge >= 0.3 is 0 Å². The van der Waals surface area contributed by atoms with Gasteiger partial charge in [0.2, 0.25) is 0 Å². The van der Waals surface area contributed by atoms with Crippen LogP contribution in [0.3, 0.4) is 0 Å². The predicted octanol–water partition coefficient (Wildman–Crippen LogP) is 3.86. The third-order valence-electron chi connectivity index (χ3n) is 2.45. The van der Waals surface area contributed by atoms with E-state index in [-0.39, 0.29) is 16.6 Å². The fourth-order valence-electron chi connectivity index (χ4n) is 1.67. The molecule has 5 heteroatoms. The summed E-state index contributed by atoms with van der Waals surface area (Å²) in [4.78, 5) is 11.9. The maximum Gasteiger partial charge on any atom is 0.254 e. The lowest BCUT2D eigenvalue weighted by Gasteiger charge is -2.18. The van der Waals surface area contributed by atoms with Crippen LogP contribution >= 0.6 is 23.2 Å². The highest BCUT2D eigenvalue weighted by molar-refractivity contribution is 6.30. The maximum absolute atomic E-state index is 13.5. The molecule has 1 aromatic rings. The van der Waals surface area contributed by atoms with Crippen molar-refractivity contribution in [3.05, 3.63) is 34.6 Å². The number of halogens is 3. The largest absolute Gasteiger partial charge is 0.348 e. The molecule has 0 saturated carbocycles. The molecule has 0 fully saturated rings. The van der Waals surface area contributed by atoms with E-state index >= 15 is 0 Å². The van der Waals surface area contributed by atoms with Gasteiger partial charge in [-0.05, 0) is 30.5 Å². The standard InChI is InChI=1S/C13H16Cl2FNO/c1-8(2)5-10(7-14)17-13(18)11-4-3-9(15)6-12(11)16/h3-4,6,8,10H,5,7H2,1-2H3,(H,17,18). The van der Waals surface area contributed by atoms with Crippen LogP contribution in [0, 0.1) is 11.7 Å². The Morgan fingerprint density at radius 3 is 2.61 bits per heavy atom. The molecule has 0 aliphatic heterocycles. The summed E-state index contributed by atoms with van der Waals surface area (Å²) in [5, 5.41) is 2.98. The Morgan fingerprint density at radius 1 is 1.44 bits per heavy atom. The van der Waals surface area contributed by atoms with Crippen LogP contribution in [0.25, 0.3) is 0 Å². The zero-order valence-corrected chi connectivity index (χ0v) is 11.9. The molecule has 0 aromatic heterocycles. The van der Waals surface area contributed by atoms with E-state index in [0.29, 0.717) is 11.8 Å². The third-order valence-corrected chi connectivity index (χ3v) is 3.06. The van der Waals surface area contributed by atoms with Crippen LogP contribution < -0.4 is 5.32 Å². The molecule has 1 N–H and O–H groups in total. The number of amides is 1. The summed E-state index contributed by atoms with van der Waals surface area (Å²) in [7, 11) is 0. The van der Waals surface area contributed by atoms with Crippen molar-refractivity contribution in [2.75, 3.05) is 5.88 Å². The third kappa shape index (κ3) is 4.46. The normalized spacial score (nSPS) is 12.6. The Hall–Kier alpha value is -0.800. The SMILES string of the molecule is CC(C)CC(CCl)NC(=O)c1ccc(Cl)cc1F. The number of rotatable bonds is 5. The van der Waals surface area contributed by atoms with Crippen LogP contribution in [-0.2, 0) is 0 Å². The molecule has 1 aromatic carbocycles. The summed E-state index contributed by atoms with van der Waals surface area (Å²) in [5.74, 6) is -0.378. The number of hydrogen-bond acceptors (Lipinski definition) is 1. The van der Waals surface area contributed by atoms with Gasteiger partial charge in [0.15, 0.2) is 0 Å². The molecule has 1 unspecified atom stereocenters. The number of alkyl halides is 1. The van der Waals surface area contributed by atoms with E-state index in [1.807, 2.05) is 13.8 Å². The summed E-state index contributed by atoms with van der Waals surface area (Å²) in [6.45, 7) is 4.07. The Balaban J connectivity index is 2.74. The smallest absolute Gasteiger partial charge is 0.254 e. The van der Waals surface area contributed by atoms with Crippen molar-refractivity contribution in [1.82, 2.24) is 5.32 Å². The van der Waals surface area contributed by atoms with E-state index in [1.165, 1.54) is 12.1 Å². The van der Waals surface area contributed by atoms with E-state index in [0.717, 1.165) is 12.5 Å². The van der Waals surface area contributed by atoms with Gasteiger partial charge in [0.1, 0.15) is 5.82 Å². The van der Waals surface area contributed by atoms with Gasteiger partial charge < -0.3 is 5.32 Å². The average molecular weight is 292 g/mol. The van der Waals surface area contributed by atoms with Crippen LogP contribution in [-0.4, -0.2) is 17.8 Å². The van der Waals surface area contributed by atoms with E-state index in [1.54, 1.807) is 0 Å². The number of hydrogen-bond donors (Lipinski definition) is 1. The van der Waals surface area contributed by atoms with Crippen molar-refractivity contribution in [3.8, 4) is 0 Å². The number of benzene rings is 1. The van der Waals surface area contributed by atoms with Gasteiger partial charge in [-0.15, -0.1) is 11.6 Å². The second-order valence-corrected chi connectivity index (χ2v) is 5.32. The molecule has 1 amide bonds. The molecular formula is C13H16Cl2FNO. The minimum atomic E-state index is -0.627. The summed E-state index contributed by atoms with van der Waals surface area (Å²) < 4.78 is 13.5. The number of carbonyl (C=O) groups is 1. The highest BCUT2D eigenvalue weighted by atomic mass is 35.5. The van der Waals surface area contributed by atoms with Crippen LogP contribution in [0.5, 0.6) is 0 Å². The van der Waals surface area contributed by atoms with Crippen LogP contribution in [0.2, 0.25) is 5.02 Å². The van der Waals surface area contributed by atoms with Crippen LogP contribution in [0.4, 0.5) is 4.39 Å². The number of carbonyl (C=O) groups excluding carboxylic acids is 1. The molecule has 2 nitrogen and oxygen atoms in total. The monoisotopic (exact) mass is 291 g/mol. The fraction of sp³-hybridized carbons (Fsp3) is 0.462. The van der Waals surface area contributed by atoms with E-state index in [2.05, 4.69) is 5.32 Å². The van der Waals surface area contributed by atoms with Gasteiger partial charge in [-0.2, -0.15) is 0 Å². The van der Waals surface area contributed by atoms with E-state index in [9.17, 15) is 9.18 Å². The zero-order chi connectivity index (χ0) is 13.7. The molecule has 0 heterocycles. The van der Waals surface area contributed by atoms with Crippen molar-refractivity contribution in [3.63, 3.8) is 0 Å². The van der Waals surface area contributed by atoms with E-state index in [4.69, 9.17) is 23.2 Å². The Kier molecular flexibility index (Phi) is 5.89. The van der Waals surface area contributed by atoms with Gasteiger partial charge in [-0.3, -0.25) is 4.79 Å². The maximum atomic E-state index is 13.5. The lowest BCUT2D eigenvalue weighted by molar-refractivity contribution is 0.0932. The summed E-state index contributed by atoms with van der Waals surface area (Å²) >= 11 is 11.4.